The largest absolute Gasteiger partial charge is 0.230 e. The molecule has 1 saturated heterocycles. The van der Waals surface area contributed by atoms with Crippen LogP contribution < -0.4 is 0 Å². The van der Waals surface area contributed by atoms with Crippen molar-refractivity contribution in [3.05, 3.63) is 0 Å². The van der Waals surface area contributed by atoms with Gasteiger partial charge in [-0.3, -0.25) is 0 Å². The van der Waals surface area contributed by atoms with Crippen LogP contribution in [-0.4, -0.2) is 12.2 Å². The van der Waals surface area contributed by atoms with Crippen molar-refractivity contribution >= 4 is 0 Å². The molecule has 0 spiro atoms. The lowest BCUT2D eigenvalue weighted by Gasteiger charge is -2.60. The fourth-order valence-corrected chi connectivity index (χ4v) is 3.93. The molecule has 1 heterocycles. The molecule has 2 aliphatic rings. The summed E-state index contributed by atoms with van der Waals surface area (Å²) in [5, 5.41) is 0. The van der Waals surface area contributed by atoms with Gasteiger partial charge < -0.3 is 0 Å². The Labute approximate surface area is 99.6 Å². The molecular formula is C14H26O2. The van der Waals surface area contributed by atoms with Gasteiger partial charge >= 0.3 is 0 Å². The van der Waals surface area contributed by atoms with Crippen LogP contribution in [0.4, 0.5) is 0 Å². The van der Waals surface area contributed by atoms with Crippen LogP contribution in [0, 0.1) is 16.2 Å². The first kappa shape index (κ1) is 12.4. The molecule has 16 heavy (non-hydrogen) atoms. The van der Waals surface area contributed by atoms with Crippen molar-refractivity contribution in [2.75, 3.05) is 0 Å². The Morgan fingerprint density at radius 1 is 0.875 bits per heavy atom. The summed E-state index contributed by atoms with van der Waals surface area (Å²) in [6.07, 6.45) is 4.26. The Kier molecular flexibility index (Phi) is 2.67. The number of rotatable bonds is 0. The second-order valence-electron chi connectivity index (χ2n) is 7.59. The summed E-state index contributed by atoms with van der Waals surface area (Å²) in [5.41, 5.74) is 0.981. The highest BCUT2D eigenvalue weighted by Gasteiger charge is 2.57. The molecule has 2 unspecified atom stereocenters. The highest BCUT2D eigenvalue weighted by atomic mass is 17.2. The third-order valence-electron chi connectivity index (χ3n) is 4.99. The Balaban J connectivity index is 2.29. The molecule has 1 aliphatic heterocycles. The fraction of sp³-hybridized carbons (Fsp3) is 1.00. The van der Waals surface area contributed by atoms with Crippen LogP contribution in [0.5, 0.6) is 0 Å². The Morgan fingerprint density at radius 3 is 1.69 bits per heavy atom. The van der Waals surface area contributed by atoms with Gasteiger partial charge in [0.05, 0.1) is 0 Å². The molecule has 0 aromatic carbocycles. The molecule has 0 aromatic rings. The van der Waals surface area contributed by atoms with Gasteiger partial charge in [0.2, 0.25) is 0 Å². The molecule has 0 N–H and O–H groups in total. The van der Waals surface area contributed by atoms with Gasteiger partial charge in [-0.15, -0.1) is 0 Å². The minimum Gasteiger partial charge on any atom is -0.230 e. The van der Waals surface area contributed by atoms with Crippen molar-refractivity contribution in [1.29, 1.82) is 0 Å². The van der Waals surface area contributed by atoms with Crippen molar-refractivity contribution in [2.24, 2.45) is 16.2 Å². The summed E-state index contributed by atoms with van der Waals surface area (Å²) in [6, 6.07) is 0. The van der Waals surface area contributed by atoms with Gasteiger partial charge in [0.25, 0.3) is 0 Å². The zero-order valence-corrected chi connectivity index (χ0v) is 11.6. The van der Waals surface area contributed by atoms with E-state index in [-0.39, 0.29) is 0 Å². The first-order chi connectivity index (χ1) is 7.17. The third kappa shape index (κ3) is 1.62. The molecule has 2 heteroatoms. The summed E-state index contributed by atoms with van der Waals surface area (Å²) in [6.45, 7) is 14.2. The number of fused-ring (bicyclic) bond motifs is 1. The molecule has 0 aromatic heterocycles. The molecule has 0 bridgehead atoms. The van der Waals surface area contributed by atoms with Crippen molar-refractivity contribution in [1.82, 2.24) is 0 Å². The van der Waals surface area contributed by atoms with Crippen molar-refractivity contribution in [3.63, 3.8) is 0 Å². The zero-order chi connectivity index (χ0) is 12.2. The van der Waals surface area contributed by atoms with E-state index < -0.39 is 0 Å². The number of hydrogen-bond acceptors (Lipinski definition) is 2. The van der Waals surface area contributed by atoms with Gasteiger partial charge in [0, 0.05) is 0 Å². The van der Waals surface area contributed by atoms with Gasteiger partial charge in [0.15, 0.2) is 0 Å². The predicted octanol–water partition coefficient (Wildman–Crippen LogP) is 3.95. The van der Waals surface area contributed by atoms with Crippen LogP contribution in [0.25, 0.3) is 0 Å². The topological polar surface area (TPSA) is 18.5 Å². The highest BCUT2D eigenvalue weighted by molar-refractivity contribution is 5.04. The number of hydrogen-bond donors (Lipinski definition) is 0. The maximum absolute atomic E-state index is 5.28. The van der Waals surface area contributed by atoms with E-state index in [9.17, 15) is 0 Å². The molecule has 2 atom stereocenters. The Morgan fingerprint density at radius 2 is 1.38 bits per heavy atom. The van der Waals surface area contributed by atoms with Gasteiger partial charge in [-0.1, -0.05) is 41.5 Å². The normalized spacial score (nSPS) is 34.1. The maximum Gasteiger partial charge on any atom is 0.123 e. The Bertz CT molecular complexity index is 255. The summed E-state index contributed by atoms with van der Waals surface area (Å²) < 4.78 is 0. The molecule has 0 radical (unpaired) electrons. The SMILES string of the molecule is CC(C)(C)C1(C(C)(C)C)CCC2OOC2C1. The molecule has 0 amide bonds. The van der Waals surface area contributed by atoms with E-state index in [0.29, 0.717) is 28.5 Å². The molecule has 2 rings (SSSR count). The second-order valence-corrected chi connectivity index (χ2v) is 7.59. The monoisotopic (exact) mass is 226 g/mol. The van der Waals surface area contributed by atoms with Crippen LogP contribution in [0.15, 0.2) is 0 Å². The molecule has 2 nitrogen and oxygen atoms in total. The summed E-state index contributed by atoms with van der Waals surface area (Å²) in [5.74, 6) is 0. The summed E-state index contributed by atoms with van der Waals surface area (Å²) >= 11 is 0. The van der Waals surface area contributed by atoms with Crippen LogP contribution in [0.1, 0.15) is 60.8 Å². The second kappa shape index (κ2) is 3.46. The zero-order valence-electron chi connectivity index (χ0n) is 11.6. The van der Waals surface area contributed by atoms with Gasteiger partial charge in [-0.25, -0.2) is 9.78 Å². The highest BCUT2D eigenvalue weighted by Crippen LogP contribution is 2.61. The van der Waals surface area contributed by atoms with E-state index in [0.717, 1.165) is 12.8 Å². The van der Waals surface area contributed by atoms with Crippen LogP contribution in [0.3, 0.4) is 0 Å². The molecule has 1 saturated carbocycles. The van der Waals surface area contributed by atoms with E-state index in [1.807, 2.05) is 0 Å². The maximum atomic E-state index is 5.28. The third-order valence-corrected chi connectivity index (χ3v) is 4.99. The lowest BCUT2D eigenvalue weighted by molar-refractivity contribution is -0.481. The first-order valence-electron chi connectivity index (χ1n) is 6.50. The molecule has 94 valence electrons. The lowest BCUT2D eigenvalue weighted by Crippen LogP contribution is -2.58. The molecular weight excluding hydrogens is 200 g/mol. The fourth-order valence-electron chi connectivity index (χ4n) is 3.93. The lowest BCUT2D eigenvalue weighted by atomic mass is 9.48. The van der Waals surface area contributed by atoms with E-state index >= 15 is 0 Å². The smallest absolute Gasteiger partial charge is 0.123 e. The summed E-state index contributed by atoms with van der Waals surface area (Å²) in [7, 11) is 0. The van der Waals surface area contributed by atoms with Crippen LogP contribution in [0.2, 0.25) is 0 Å². The summed E-state index contributed by atoms with van der Waals surface area (Å²) in [4.78, 5) is 10.4. The van der Waals surface area contributed by atoms with E-state index in [4.69, 9.17) is 9.78 Å². The van der Waals surface area contributed by atoms with E-state index in [2.05, 4.69) is 41.5 Å². The molecule has 1 aliphatic carbocycles. The van der Waals surface area contributed by atoms with E-state index in [1.165, 1.54) is 6.42 Å². The van der Waals surface area contributed by atoms with Gasteiger partial charge in [-0.2, -0.15) is 0 Å². The van der Waals surface area contributed by atoms with Crippen molar-refractivity contribution < 1.29 is 9.78 Å². The van der Waals surface area contributed by atoms with E-state index in [1.54, 1.807) is 0 Å². The standard InChI is InChI=1S/C14H26O2/c1-12(2,3)14(13(4,5)6)8-7-10-11(9-14)16-15-10/h10-11H,7-9H2,1-6H3. The Hall–Kier alpha value is -0.0800. The average Bonchev–Trinajstić information content (AvgIpc) is 2.02. The first-order valence-corrected chi connectivity index (χ1v) is 6.50. The predicted molar refractivity (Wildman–Crippen MR) is 64.9 cm³/mol. The van der Waals surface area contributed by atoms with Crippen LogP contribution >= 0.6 is 0 Å². The van der Waals surface area contributed by atoms with Gasteiger partial charge in [-0.05, 0) is 35.5 Å². The average molecular weight is 226 g/mol. The molecule has 2 fully saturated rings. The van der Waals surface area contributed by atoms with Gasteiger partial charge in [0.1, 0.15) is 12.2 Å². The van der Waals surface area contributed by atoms with Crippen molar-refractivity contribution in [2.45, 2.75) is 73.0 Å². The minimum atomic E-state index is 0.315. The minimum absolute atomic E-state index is 0.315. The van der Waals surface area contributed by atoms with Crippen molar-refractivity contribution in [3.8, 4) is 0 Å². The van der Waals surface area contributed by atoms with Crippen LogP contribution in [-0.2, 0) is 9.78 Å². The quantitative estimate of drug-likeness (QED) is 0.582.